The molecule has 5 heteroatoms. The Kier molecular flexibility index (Phi) is 3.86. The van der Waals surface area contributed by atoms with Crippen LogP contribution in [0.1, 0.15) is 17.4 Å². The molecule has 1 aromatic heterocycles. The average Bonchev–Trinajstić information content (AvgIpc) is 2.69. The Morgan fingerprint density at radius 2 is 2.18 bits per heavy atom. The summed E-state index contributed by atoms with van der Waals surface area (Å²) in [4.78, 5) is 0. The summed E-state index contributed by atoms with van der Waals surface area (Å²) in [7, 11) is 1.79. The van der Waals surface area contributed by atoms with Crippen molar-refractivity contribution >= 4 is 27.5 Å². The lowest BCUT2D eigenvalue weighted by Crippen LogP contribution is -2.17. The second-order valence-corrected chi connectivity index (χ2v) is 4.78. The van der Waals surface area contributed by atoms with Crippen LogP contribution in [0.3, 0.4) is 0 Å². The van der Waals surface area contributed by atoms with E-state index in [2.05, 4.69) is 21.2 Å². The van der Waals surface area contributed by atoms with E-state index in [1.54, 1.807) is 25.4 Å². The minimum absolute atomic E-state index is 0.215. The van der Waals surface area contributed by atoms with E-state index >= 15 is 0 Å². The SMILES string of the molecule is CNC(c1ccc(F)cc1Cl)c1occc1Br. The first-order chi connectivity index (χ1) is 8.13. The maximum Gasteiger partial charge on any atom is 0.139 e. The molecule has 1 atom stereocenters. The lowest BCUT2D eigenvalue weighted by Gasteiger charge is -2.16. The Hall–Kier alpha value is -0.840. The largest absolute Gasteiger partial charge is 0.466 e. The highest BCUT2D eigenvalue weighted by atomic mass is 79.9. The Balaban J connectivity index is 2.46. The molecule has 0 saturated heterocycles. The Labute approximate surface area is 112 Å². The molecule has 0 radical (unpaired) electrons. The van der Waals surface area contributed by atoms with Gasteiger partial charge in [-0.15, -0.1) is 0 Å². The molecule has 17 heavy (non-hydrogen) atoms. The second-order valence-electron chi connectivity index (χ2n) is 3.52. The predicted molar refractivity (Wildman–Crippen MR) is 68.7 cm³/mol. The predicted octanol–water partition coefficient (Wildman–Crippen LogP) is 4.14. The monoisotopic (exact) mass is 317 g/mol. The quantitative estimate of drug-likeness (QED) is 0.920. The van der Waals surface area contributed by atoms with E-state index in [0.717, 1.165) is 10.0 Å². The normalized spacial score (nSPS) is 12.7. The third-order valence-corrected chi connectivity index (χ3v) is 3.45. The van der Waals surface area contributed by atoms with Gasteiger partial charge >= 0.3 is 0 Å². The molecule has 1 heterocycles. The number of hydrogen-bond acceptors (Lipinski definition) is 2. The van der Waals surface area contributed by atoms with Crippen LogP contribution >= 0.6 is 27.5 Å². The number of halogens is 3. The van der Waals surface area contributed by atoms with Crippen molar-refractivity contribution in [3.8, 4) is 0 Å². The summed E-state index contributed by atoms with van der Waals surface area (Å²) in [5.74, 6) is 0.355. The van der Waals surface area contributed by atoms with Gasteiger partial charge in [-0.2, -0.15) is 0 Å². The zero-order chi connectivity index (χ0) is 12.4. The Morgan fingerprint density at radius 1 is 1.41 bits per heavy atom. The van der Waals surface area contributed by atoms with E-state index in [1.807, 2.05) is 0 Å². The third kappa shape index (κ3) is 2.54. The minimum Gasteiger partial charge on any atom is -0.466 e. The summed E-state index contributed by atoms with van der Waals surface area (Å²) in [6.45, 7) is 0. The molecular weight excluding hydrogens is 308 g/mol. The van der Waals surface area contributed by atoms with Crippen LogP contribution in [0.15, 0.2) is 39.4 Å². The van der Waals surface area contributed by atoms with Gasteiger partial charge in [0.1, 0.15) is 11.6 Å². The van der Waals surface area contributed by atoms with Crippen molar-refractivity contribution in [3.63, 3.8) is 0 Å². The van der Waals surface area contributed by atoms with Crippen LogP contribution in [0.25, 0.3) is 0 Å². The maximum absolute atomic E-state index is 13.0. The van der Waals surface area contributed by atoms with Gasteiger partial charge in [-0.25, -0.2) is 4.39 Å². The molecule has 0 aliphatic rings. The molecule has 90 valence electrons. The van der Waals surface area contributed by atoms with Crippen molar-refractivity contribution < 1.29 is 8.81 Å². The molecular formula is C12H10BrClFNO. The van der Waals surface area contributed by atoms with Gasteiger partial charge in [0.2, 0.25) is 0 Å². The van der Waals surface area contributed by atoms with Crippen LogP contribution in [0, 0.1) is 5.82 Å². The molecule has 1 aromatic carbocycles. The van der Waals surface area contributed by atoms with Crippen molar-refractivity contribution in [3.05, 3.63) is 57.2 Å². The molecule has 0 spiro atoms. The summed E-state index contributed by atoms with van der Waals surface area (Å²) >= 11 is 9.43. The van der Waals surface area contributed by atoms with Gasteiger partial charge in [0.05, 0.1) is 16.8 Å². The van der Waals surface area contributed by atoms with Crippen molar-refractivity contribution in [2.24, 2.45) is 0 Å². The highest BCUT2D eigenvalue weighted by Crippen LogP contribution is 2.33. The van der Waals surface area contributed by atoms with Crippen molar-refractivity contribution in [1.82, 2.24) is 5.32 Å². The third-order valence-electron chi connectivity index (χ3n) is 2.47. The number of hydrogen-bond donors (Lipinski definition) is 1. The molecule has 1 N–H and O–H groups in total. The Morgan fingerprint density at radius 3 is 2.71 bits per heavy atom. The van der Waals surface area contributed by atoms with Gasteiger partial charge in [-0.05, 0) is 46.7 Å². The maximum atomic E-state index is 13.0. The lowest BCUT2D eigenvalue weighted by molar-refractivity contribution is 0.460. The molecule has 2 aromatic rings. The summed E-state index contributed by atoms with van der Waals surface area (Å²) in [6, 6.07) is 5.90. The summed E-state index contributed by atoms with van der Waals surface area (Å²) < 4.78 is 19.2. The molecule has 1 unspecified atom stereocenters. The number of benzene rings is 1. The first-order valence-electron chi connectivity index (χ1n) is 4.98. The van der Waals surface area contributed by atoms with Gasteiger partial charge in [-0.3, -0.25) is 0 Å². The molecule has 0 amide bonds. The fraction of sp³-hybridized carbons (Fsp3) is 0.167. The number of nitrogens with one attached hydrogen (secondary N) is 1. The van der Waals surface area contributed by atoms with Gasteiger partial charge in [0.25, 0.3) is 0 Å². The van der Waals surface area contributed by atoms with Crippen LogP contribution in [0.2, 0.25) is 5.02 Å². The van der Waals surface area contributed by atoms with Crippen molar-refractivity contribution in [1.29, 1.82) is 0 Å². The summed E-state index contributed by atoms with van der Waals surface area (Å²) in [5, 5.41) is 3.46. The number of furan rings is 1. The molecule has 0 aliphatic heterocycles. The highest BCUT2D eigenvalue weighted by molar-refractivity contribution is 9.10. The van der Waals surface area contributed by atoms with E-state index in [9.17, 15) is 4.39 Å². The first-order valence-corrected chi connectivity index (χ1v) is 6.15. The molecule has 2 rings (SSSR count). The van der Waals surface area contributed by atoms with Gasteiger partial charge in [-0.1, -0.05) is 17.7 Å². The standard InChI is InChI=1S/C12H10BrClFNO/c1-16-11(12-9(13)4-5-17-12)8-3-2-7(15)6-10(8)14/h2-6,11,16H,1H3. The molecule has 0 aliphatic carbocycles. The van der Waals surface area contributed by atoms with Crippen molar-refractivity contribution in [2.75, 3.05) is 7.05 Å². The minimum atomic E-state index is -0.355. The highest BCUT2D eigenvalue weighted by Gasteiger charge is 2.20. The second kappa shape index (κ2) is 5.21. The van der Waals surface area contributed by atoms with Gasteiger partial charge in [0.15, 0.2) is 0 Å². The van der Waals surface area contributed by atoms with E-state index in [0.29, 0.717) is 10.8 Å². The van der Waals surface area contributed by atoms with Crippen LogP contribution in [-0.2, 0) is 0 Å². The van der Waals surface area contributed by atoms with E-state index in [1.165, 1.54) is 12.1 Å². The molecule has 0 fully saturated rings. The van der Waals surface area contributed by atoms with E-state index in [-0.39, 0.29) is 11.9 Å². The molecule has 2 nitrogen and oxygen atoms in total. The van der Waals surface area contributed by atoms with Crippen LogP contribution in [-0.4, -0.2) is 7.05 Å². The fourth-order valence-electron chi connectivity index (χ4n) is 1.67. The van der Waals surface area contributed by atoms with Gasteiger partial charge < -0.3 is 9.73 Å². The zero-order valence-electron chi connectivity index (χ0n) is 9.01. The number of rotatable bonds is 3. The molecule has 0 saturated carbocycles. The smallest absolute Gasteiger partial charge is 0.139 e. The van der Waals surface area contributed by atoms with Crippen LogP contribution in [0.5, 0.6) is 0 Å². The molecule has 0 bridgehead atoms. The topological polar surface area (TPSA) is 25.2 Å². The van der Waals surface area contributed by atoms with Crippen molar-refractivity contribution in [2.45, 2.75) is 6.04 Å². The fourth-order valence-corrected chi connectivity index (χ4v) is 2.38. The average molecular weight is 319 g/mol. The van der Waals surface area contributed by atoms with Crippen LogP contribution < -0.4 is 5.32 Å². The van der Waals surface area contributed by atoms with Gasteiger partial charge in [0, 0.05) is 5.02 Å². The zero-order valence-corrected chi connectivity index (χ0v) is 11.3. The van der Waals surface area contributed by atoms with Crippen LogP contribution in [0.4, 0.5) is 4.39 Å². The first kappa shape index (κ1) is 12.6. The van der Waals surface area contributed by atoms with E-state index < -0.39 is 0 Å². The summed E-state index contributed by atoms with van der Waals surface area (Å²) in [6.07, 6.45) is 1.58. The lowest BCUT2D eigenvalue weighted by atomic mass is 10.0. The Bertz CT molecular complexity index is 529. The summed E-state index contributed by atoms with van der Waals surface area (Å²) in [5.41, 5.74) is 0.770. The van der Waals surface area contributed by atoms with E-state index in [4.69, 9.17) is 16.0 Å².